The first-order valence-corrected chi connectivity index (χ1v) is 9.36. The van der Waals surface area contributed by atoms with E-state index in [2.05, 4.69) is 21.9 Å². The van der Waals surface area contributed by atoms with E-state index < -0.39 is 0 Å². The van der Waals surface area contributed by atoms with Crippen molar-refractivity contribution in [2.75, 3.05) is 38.2 Å². The smallest absolute Gasteiger partial charge is 0.226 e. The van der Waals surface area contributed by atoms with Gasteiger partial charge >= 0.3 is 0 Å². The van der Waals surface area contributed by atoms with Gasteiger partial charge in [-0.25, -0.2) is 4.98 Å². The molecule has 1 fully saturated rings. The Balaban J connectivity index is 1.37. The Morgan fingerprint density at radius 1 is 0.963 bits per heavy atom. The minimum atomic E-state index is 0.708. The molecule has 0 atom stereocenters. The van der Waals surface area contributed by atoms with Crippen LogP contribution in [0.25, 0.3) is 11.5 Å². The largest absolute Gasteiger partial charge is 0.497 e. The molecule has 0 aliphatic carbocycles. The van der Waals surface area contributed by atoms with Gasteiger partial charge in [-0.05, 0) is 43.3 Å². The first kappa shape index (κ1) is 17.6. The molecule has 0 saturated carbocycles. The summed E-state index contributed by atoms with van der Waals surface area (Å²) in [4.78, 5) is 9.60. The summed E-state index contributed by atoms with van der Waals surface area (Å²) in [6.45, 7) is 6.88. The van der Waals surface area contributed by atoms with Crippen LogP contribution in [0.15, 0.2) is 59.0 Å². The van der Waals surface area contributed by atoms with E-state index in [-0.39, 0.29) is 0 Å². The summed E-state index contributed by atoms with van der Waals surface area (Å²) < 4.78 is 11.1. The van der Waals surface area contributed by atoms with Gasteiger partial charge in [0.1, 0.15) is 11.5 Å². The molecule has 1 saturated heterocycles. The molecule has 2 aromatic carbocycles. The molecule has 0 spiro atoms. The van der Waals surface area contributed by atoms with Crippen molar-refractivity contribution < 1.29 is 9.15 Å². The van der Waals surface area contributed by atoms with Crippen LogP contribution in [0.3, 0.4) is 0 Å². The molecule has 27 heavy (non-hydrogen) atoms. The van der Waals surface area contributed by atoms with Gasteiger partial charge in [0.25, 0.3) is 0 Å². The molecule has 4 rings (SSSR count). The molecule has 2 heterocycles. The van der Waals surface area contributed by atoms with Gasteiger partial charge in [0, 0.05) is 44.0 Å². The third-order valence-corrected chi connectivity index (χ3v) is 5.10. The Morgan fingerprint density at radius 3 is 2.33 bits per heavy atom. The first-order valence-electron chi connectivity index (χ1n) is 9.36. The molecule has 1 aliphatic rings. The minimum Gasteiger partial charge on any atom is -0.497 e. The molecule has 1 aromatic heterocycles. The highest BCUT2D eigenvalue weighted by Crippen LogP contribution is 2.24. The van der Waals surface area contributed by atoms with Crippen LogP contribution < -0.4 is 9.64 Å². The van der Waals surface area contributed by atoms with Crippen molar-refractivity contribution in [1.29, 1.82) is 0 Å². The molecular formula is C22H25N3O2. The van der Waals surface area contributed by atoms with E-state index in [1.54, 1.807) is 7.11 Å². The lowest BCUT2D eigenvalue weighted by Gasteiger charge is -2.35. The second-order valence-corrected chi connectivity index (χ2v) is 6.85. The van der Waals surface area contributed by atoms with Crippen molar-refractivity contribution in [3.8, 4) is 17.2 Å². The fourth-order valence-electron chi connectivity index (χ4n) is 3.45. The van der Waals surface area contributed by atoms with Gasteiger partial charge in [-0.3, -0.25) is 4.90 Å². The van der Waals surface area contributed by atoms with Crippen LogP contribution in [0.4, 0.5) is 5.69 Å². The summed E-state index contributed by atoms with van der Waals surface area (Å²) in [7, 11) is 1.70. The van der Waals surface area contributed by atoms with Crippen LogP contribution in [0.1, 0.15) is 11.5 Å². The minimum absolute atomic E-state index is 0.708. The average Bonchev–Trinajstić information content (AvgIpc) is 3.10. The van der Waals surface area contributed by atoms with Crippen molar-refractivity contribution in [2.45, 2.75) is 13.5 Å². The maximum absolute atomic E-state index is 5.89. The Hall–Kier alpha value is -2.79. The van der Waals surface area contributed by atoms with Gasteiger partial charge in [-0.15, -0.1) is 0 Å². The summed E-state index contributed by atoms with van der Waals surface area (Å²) in [5.41, 5.74) is 3.31. The predicted molar refractivity (Wildman–Crippen MR) is 107 cm³/mol. The summed E-state index contributed by atoms with van der Waals surface area (Å²) in [5.74, 6) is 2.51. The molecule has 0 bridgehead atoms. The number of hydrogen-bond acceptors (Lipinski definition) is 5. The van der Waals surface area contributed by atoms with E-state index >= 15 is 0 Å². The molecule has 0 amide bonds. The second kappa shape index (κ2) is 7.84. The van der Waals surface area contributed by atoms with Gasteiger partial charge < -0.3 is 14.1 Å². The van der Waals surface area contributed by atoms with Gasteiger partial charge in [-0.1, -0.05) is 18.2 Å². The number of aromatic nitrogens is 1. The average molecular weight is 363 g/mol. The molecule has 0 radical (unpaired) electrons. The van der Waals surface area contributed by atoms with E-state index in [1.165, 1.54) is 5.69 Å². The Kier molecular flexibility index (Phi) is 5.12. The molecular weight excluding hydrogens is 338 g/mol. The fraction of sp³-hybridized carbons (Fsp3) is 0.318. The van der Waals surface area contributed by atoms with Gasteiger partial charge in [0.05, 0.1) is 12.8 Å². The number of hydrogen-bond donors (Lipinski definition) is 0. The first-order chi connectivity index (χ1) is 13.2. The number of piperazine rings is 1. The van der Waals surface area contributed by atoms with E-state index in [1.807, 2.05) is 49.4 Å². The lowest BCUT2D eigenvalue weighted by atomic mass is 10.2. The zero-order valence-electron chi connectivity index (χ0n) is 15.9. The zero-order chi connectivity index (χ0) is 18.6. The molecule has 1 aliphatic heterocycles. The lowest BCUT2D eigenvalue weighted by molar-refractivity contribution is 0.246. The topological polar surface area (TPSA) is 41.7 Å². The van der Waals surface area contributed by atoms with Crippen molar-refractivity contribution in [3.63, 3.8) is 0 Å². The highest BCUT2D eigenvalue weighted by molar-refractivity contribution is 5.53. The number of rotatable bonds is 5. The normalized spacial score (nSPS) is 15.1. The Morgan fingerprint density at radius 2 is 1.67 bits per heavy atom. The van der Waals surface area contributed by atoms with Crippen LogP contribution >= 0.6 is 0 Å². The van der Waals surface area contributed by atoms with E-state index in [9.17, 15) is 0 Å². The monoisotopic (exact) mass is 363 g/mol. The van der Waals surface area contributed by atoms with Gasteiger partial charge in [0.15, 0.2) is 0 Å². The van der Waals surface area contributed by atoms with Crippen molar-refractivity contribution in [3.05, 3.63) is 66.1 Å². The summed E-state index contributed by atoms with van der Waals surface area (Å²) in [6, 6.07) is 18.4. The maximum atomic E-state index is 5.89. The maximum Gasteiger partial charge on any atom is 0.226 e. The number of anilines is 1. The molecule has 5 nitrogen and oxygen atoms in total. The number of benzene rings is 2. The quantitative estimate of drug-likeness (QED) is 0.686. The van der Waals surface area contributed by atoms with E-state index in [4.69, 9.17) is 14.1 Å². The summed E-state index contributed by atoms with van der Waals surface area (Å²) in [6.07, 6.45) is 0. The van der Waals surface area contributed by atoms with Crippen LogP contribution in [0, 0.1) is 6.92 Å². The predicted octanol–water partition coefficient (Wildman–Crippen LogP) is 3.98. The molecule has 0 N–H and O–H groups in total. The number of nitrogens with zero attached hydrogens (tertiary/aromatic N) is 3. The standard InChI is InChI=1S/C22H25N3O2/c1-17-21(23-22(27-17)18-6-4-3-5-7-18)16-24-12-14-25(15-13-24)19-8-10-20(26-2)11-9-19/h3-11H,12-16H2,1-2H3. The third-order valence-electron chi connectivity index (χ3n) is 5.10. The number of oxazole rings is 1. The fourth-order valence-corrected chi connectivity index (χ4v) is 3.45. The Bertz CT molecular complexity index is 866. The van der Waals surface area contributed by atoms with Crippen molar-refractivity contribution in [2.24, 2.45) is 0 Å². The SMILES string of the molecule is COc1ccc(N2CCN(Cc3nc(-c4ccccc4)oc3C)CC2)cc1. The zero-order valence-corrected chi connectivity index (χ0v) is 15.9. The lowest BCUT2D eigenvalue weighted by Crippen LogP contribution is -2.46. The number of aryl methyl sites for hydroxylation is 1. The highest BCUT2D eigenvalue weighted by atomic mass is 16.5. The summed E-state index contributed by atoms with van der Waals surface area (Å²) in [5, 5.41) is 0. The Labute approximate surface area is 160 Å². The number of ether oxygens (including phenoxy) is 1. The van der Waals surface area contributed by atoms with Gasteiger partial charge in [-0.2, -0.15) is 0 Å². The summed E-state index contributed by atoms with van der Waals surface area (Å²) >= 11 is 0. The van der Waals surface area contributed by atoms with Crippen LogP contribution in [0.2, 0.25) is 0 Å². The molecule has 3 aromatic rings. The van der Waals surface area contributed by atoms with Crippen LogP contribution in [0.5, 0.6) is 5.75 Å². The third kappa shape index (κ3) is 3.98. The highest BCUT2D eigenvalue weighted by Gasteiger charge is 2.20. The van der Waals surface area contributed by atoms with Crippen molar-refractivity contribution in [1.82, 2.24) is 9.88 Å². The molecule has 0 unspecified atom stereocenters. The van der Waals surface area contributed by atoms with Crippen molar-refractivity contribution >= 4 is 5.69 Å². The van der Waals surface area contributed by atoms with Gasteiger partial charge in [0.2, 0.25) is 5.89 Å². The van der Waals surface area contributed by atoms with E-state index in [0.29, 0.717) is 5.89 Å². The van der Waals surface area contributed by atoms with Crippen LogP contribution in [-0.2, 0) is 6.54 Å². The van der Waals surface area contributed by atoms with Crippen LogP contribution in [-0.4, -0.2) is 43.2 Å². The second-order valence-electron chi connectivity index (χ2n) is 6.85. The van der Waals surface area contributed by atoms with E-state index in [0.717, 1.165) is 55.5 Å². The number of methoxy groups -OCH3 is 1. The molecule has 5 heteroatoms. The molecule has 140 valence electrons.